The second-order valence-corrected chi connectivity index (χ2v) is 9.65. The molecule has 7 nitrogen and oxygen atoms in total. The van der Waals surface area contributed by atoms with Gasteiger partial charge in [-0.25, -0.2) is 0 Å². The van der Waals surface area contributed by atoms with E-state index in [1.165, 1.54) is 0 Å². The van der Waals surface area contributed by atoms with Gasteiger partial charge >= 0.3 is 0 Å². The zero-order chi connectivity index (χ0) is 25.3. The molecule has 34 heavy (non-hydrogen) atoms. The second kappa shape index (κ2) is 12.7. The Kier molecular flexibility index (Phi) is 10.3. The van der Waals surface area contributed by atoms with Gasteiger partial charge in [0, 0.05) is 49.5 Å². The molecule has 1 fully saturated rings. The number of hydrogen-bond acceptors (Lipinski definition) is 6. The Morgan fingerprint density at radius 1 is 1.24 bits per heavy atom. The van der Waals surface area contributed by atoms with E-state index in [0.29, 0.717) is 12.3 Å². The van der Waals surface area contributed by atoms with E-state index < -0.39 is 0 Å². The summed E-state index contributed by atoms with van der Waals surface area (Å²) in [7, 11) is 4.06. The molecule has 1 saturated heterocycles. The number of aromatic nitrogens is 1. The summed E-state index contributed by atoms with van der Waals surface area (Å²) in [6.07, 6.45) is 3.77. The number of aromatic amines is 1. The van der Waals surface area contributed by atoms with E-state index in [0.717, 1.165) is 85.4 Å². The van der Waals surface area contributed by atoms with Crippen molar-refractivity contribution in [3.63, 3.8) is 0 Å². The van der Waals surface area contributed by atoms with Gasteiger partial charge in [0.25, 0.3) is 0 Å². The molecule has 1 aliphatic carbocycles. The van der Waals surface area contributed by atoms with E-state index in [1.807, 2.05) is 27.9 Å². The molecule has 1 aromatic heterocycles. The summed E-state index contributed by atoms with van der Waals surface area (Å²) in [5, 5.41) is 9.71. The van der Waals surface area contributed by atoms with Crippen LogP contribution >= 0.6 is 0 Å². The number of carbonyl (C=O) groups excluding carboxylic acids is 1. The number of morpholine rings is 1. The Labute approximate surface area is 204 Å². The first-order valence-corrected chi connectivity index (χ1v) is 12.3. The maximum absolute atomic E-state index is 9.99. The normalized spacial score (nSPS) is 17.8. The lowest BCUT2D eigenvalue weighted by Gasteiger charge is -2.31. The molecule has 0 atom stereocenters. The van der Waals surface area contributed by atoms with Gasteiger partial charge in [0.05, 0.1) is 31.2 Å². The average molecular weight is 470 g/mol. The molecule has 1 aromatic carbocycles. The van der Waals surface area contributed by atoms with Crippen LogP contribution in [0.4, 0.5) is 5.69 Å². The summed E-state index contributed by atoms with van der Waals surface area (Å²) in [4.78, 5) is 17.5. The van der Waals surface area contributed by atoms with Crippen molar-refractivity contribution >= 4 is 28.6 Å². The van der Waals surface area contributed by atoms with Crippen molar-refractivity contribution in [1.82, 2.24) is 9.88 Å². The molecular weight excluding hydrogens is 426 g/mol. The molecule has 0 bridgehead atoms. The van der Waals surface area contributed by atoms with Gasteiger partial charge in [-0.05, 0) is 48.4 Å². The average Bonchev–Trinajstić information content (AvgIpc) is 3.24. The number of carbonyl (C=O) groups is 1. The summed E-state index contributed by atoms with van der Waals surface area (Å²) >= 11 is 0. The zero-order valence-electron chi connectivity index (χ0n) is 21.8. The van der Waals surface area contributed by atoms with Gasteiger partial charge in [0.15, 0.2) is 0 Å². The molecule has 2 aliphatic rings. The number of anilines is 1. The smallest absolute Gasteiger partial charge is 0.133 e. The first-order chi connectivity index (χ1) is 16.2. The number of H-pyrrole nitrogens is 1. The predicted molar refractivity (Wildman–Crippen MR) is 143 cm³/mol. The summed E-state index contributed by atoms with van der Waals surface area (Å²) in [6.45, 7) is 12.4. The minimum atomic E-state index is 0.245. The van der Waals surface area contributed by atoms with Crippen molar-refractivity contribution in [1.29, 1.82) is 5.41 Å². The lowest BCUT2D eigenvalue weighted by atomic mass is 9.75. The maximum Gasteiger partial charge on any atom is 0.133 e. The number of allylic oxidation sites excluding steroid dienone is 2. The number of hydrogen-bond donors (Lipinski definition) is 3. The first-order valence-electron chi connectivity index (χ1n) is 12.3. The van der Waals surface area contributed by atoms with Crippen molar-refractivity contribution < 1.29 is 9.53 Å². The SMILES string of the molecule is CC.CN(C)c1ccc2cc(C(=N)C3=C(N)CC(C)(C)CC3)[nH]c2c1.O=CCN1CCOCC1. The number of nitrogens with one attached hydrogen (secondary N) is 2. The molecule has 2 aromatic rings. The van der Waals surface area contributed by atoms with Crippen molar-refractivity contribution in [3.05, 3.63) is 41.2 Å². The topological polar surface area (TPSA) is 98.4 Å². The Morgan fingerprint density at radius 2 is 1.91 bits per heavy atom. The highest BCUT2D eigenvalue weighted by Crippen LogP contribution is 2.37. The molecule has 0 saturated carbocycles. The van der Waals surface area contributed by atoms with Gasteiger partial charge in [0.2, 0.25) is 0 Å². The number of nitrogens with two attached hydrogens (primary N) is 1. The fraction of sp³-hybridized carbons (Fsp3) is 0.556. The van der Waals surface area contributed by atoms with Crippen LogP contribution in [0.25, 0.3) is 10.9 Å². The summed E-state index contributed by atoms with van der Waals surface area (Å²) in [5.41, 5.74) is 12.0. The van der Waals surface area contributed by atoms with Gasteiger partial charge in [-0.3, -0.25) is 10.3 Å². The predicted octanol–water partition coefficient (Wildman–Crippen LogP) is 4.57. The van der Waals surface area contributed by atoms with Crippen molar-refractivity contribution in [2.24, 2.45) is 11.1 Å². The molecule has 0 spiro atoms. The van der Waals surface area contributed by atoms with E-state index in [9.17, 15) is 4.79 Å². The Balaban J connectivity index is 0.000000311. The Hall–Kier alpha value is -2.64. The number of fused-ring (bicyclic) bond motifs is 1. The third kappa shape index (κ3) is 7.43. The molecule has 188 valence electrons. The third-order valence-electron chi connectivity index (χ3n) is 6.24. The molecule has 2 heterocycles. The van der Waals surface area contributed by atoms with Crippen LogP contribution < -0.4 is 10.6 Å². The highest BCUT2D eigenvalue weighted by Gasteiger charge is 2.28. The Morgan fingerprint density at radius 3 is 2.50 bits per heavy atom. The van der Waals surface area contributed by atoms with E-state index in [1.54, 1.807) is 0 Å². The molecule has 4 rings (SSSR count). The number of rotatable bonds is 5. The highest BCUT2D eigenvalue weighted by molar-refractivity contribution is 6.12. The van der Waals surface area contributed by atoms with Gasteiger partial charge in [-0.1, -0.05) is 33.8 Å². The minimum absolute atomic E-state index is 0.245. The molecular formula is C27H43N5O2. The summed E-state index contributed by atoms with van der Waals surface area (Å²) in [5.74, 6) is 0. The molecule has 7 heteroatoms. The van der Waals surface area contributed by atoms with Crippen LogP contribution in [0.15, 0.2) is 35.5 Å². The molecule has 0 amide bonds. The van der Waals surface area contributed by atoms with Gasteiger partial charge in [0.1, 0.15) is 6.29 Å². The van der Waals surface area contributed by atoms with Crippen LogP contribution in [0.2, 0.25) is 0 Å². The van der Waals surface area contributed by atoms with Crippen molar-refractivity contribution in [2.75, 3.05) is 51.8 Å². The number of benzene rings is 1. The summed E-state index contributed by atoms with van der Waals surface area (Å²) in [6, 6.07) is 8.37. The fourth-order valence-corrected chi connectivity index (χ4v) is 4.20. The lowest BCUT2D eigenvalue weighted by molar-refractivity contribution is -0.109. The number of nitrogens with zero attached hydrogens (tertiary/aromatic N) is 2. The Bertz CT molecular complexity index is 984. The number of ether oxygens (including phenoxy) is 1. The van der Waals surface area contributed by atoms with Crippen LogP contribution in [-0.2, 0) is 9.53 Å². The molecule has 1 aliphatic heterocycles. The van der Waals surface area contributed by atoms with Crippen LogP contribution in [-0.4, -0.2) is 68.8 Å². The van der Waals surface area contributed by atoms with Crippen LogP contribution in [0.5, 0.6) is 0 Å². The monoisotopic (exact) mass is 469 g/mol. The van der Waals surface area contributed by atoms with Gasteiger partial charge < -0.3 is 25.1 Å². The van der Waals surface area contributed by atoms with Gasteiger partial charge in [-0.15, -0.1) is 0 Å². The van der Waals surface area contributed by atoms with Crippen molar-refractivity contribution in [2.45, 2.75) is 47.0 Å². The third-order valence-corrected chi connectivity index (χ3v) is 6.24. The van der Waals surface area contributed by atoms with Gasteiger partial charge in [-0.2, -0.15) is 0 Å². The second-order valence-electron chi connectivity index (χ2n) is 9.65. The van der Waals surface area contributed by atoms with Crippen LogP contribution in [0.3, 0.4) is 0 Å². The first kappa shape index (κ1) is 27.6. The maximum atomic E-state index is 9.99. The highest BCUT2D eigenvalue weighted by atomic mass is 16.5. The lowest BCUT2D eigenvalue weighted by Crippen LogP contribution is -2.37. The molecule has 0 radical (unpaired) electrons. The van der Waals surface area contributed by atoms with Crippen molar-refractivity contribution in [3.8, 4) is 0 Å². The summed E-state index contributed by atoms with van der Waals surface area (Å²) < 4.78 is 5.09. The van der Waals surface area contributed by atoms with E-state index in [2.05, 4.69) is 52.9 Å². The number of aldehydes is 1. The largest absolute Gasteiger partial charge is 0.402 e. The quantitative estimate of drug-likeness (QED) is 0.440. The van der Waals surface area contributed by atoms with Crippen LogP contribution in [0, 0.1) is 10.8 Å². The minimum Gasteiger partial charge on any atom is -0.402 e. The zero-order valence-corrected chi connectivity index (χ0v) is 21.8. The molecule has 4 N–H and O–H groups in total. The van der Waals surface area contributed by atoms with E-state index in [4.69, 9.17) is 15.9 Å². The van der Waals surface area contributed by atoms with E-state index >= 15 is 0 Å². The van der Waals surface area contributed by atoms with E-state index in [-0.39, 0.29) is 5.41 Å². The molecule has 0 unspecified atom stereocenters. The fourth-order valence-electron chi connectivity index (χ4n) is 4.20. The standard InChI is InChI=1S/C19H26N4.C6H11NO2.C2H6/c1-19(2)8-7-14(15(20)11-19)18(21)17-9-12-5-6-13(23(3)4)10-16(12)22-17;8-4-1-7-2-5-9-6-3-7;1-2/h5-6,9-10,21-22H,7-8,11,20H2,1-4H3;4H,1-3,5-6H2;1-2H3. The van der Waals surface area contributed by atoms with Crippen LogP contribution in [0.1, 0.15) is 52.7 Å².